The molecule has 6 rings (SSSR count). The maximum atomic E-state index is 11.1. The highest BCUT2D eigenvalue weighted by Crippen LogP contribution is 2.67. The lowest BCUT2D eigenvalue weighted by atomic mass is 9.46. The van der Waals surface area contributed by atoms with E-state index in [1.54, 1.807) is 0 Å². The molecule has 5 nitrogen and oxygen atoms in total. The van der Waals surface area contributed by atoms with Crippen LogP contribution in [0.2, 0.25) is 16.6 Å². The second kappa shape index (κ2) is 9.58. The number of aromatic nitrogens is 2. The van der Waals surface area contributed by atoms with Crippen molar-refractivity contribution in [3.8, 4) is 0 Å². The van der Waals surface area contributed by atoms with Gasteiger partial charge in [-0.1, -0.05) is 78.8 Å². The number of rotatable bonds is 6. The molecule has 1 N–H and O–H groups in total. The van der Waals surface area contributed by atoms with Crippen LogP contribution in [-0.2, 0) is 16.8 Å². The highest BCUT2D eigenvalue weighted by Gasteiger charge is 2.67. The Bertz CT molecular complexity index is 1330. The molecule has 1 aromatic carbocycles. The van der Waals surface area contributed by atoms with Crippen molar-refractivity contribution in [2.24, 2.45) is 11.3 Å². The monoisotopic (exact) mass is 543 g/mol. The average molecular weight is 544 g/mol. The largest absolute Gasteiger partial charge is 0.493 e. The quantitative estimate of drug-likeness (QED) is 0.371. The first-order chi connectivity index (χ1) is 18.6. The van der Waals surface area contributed by atoms with Gasteiger partial charge >= 0.3 is 7.12 Å². The molecule has 0 radical (unpaired) electrons. The normalized spacial score (nSPS) is 25.0. The van der Waals surface area contributed by atoms with Gasteiger partial charge in [0.15, 0.2) is 8.24 Å². The van der Waals surface area contributed by atoms with Crippen LogP contribution < -0.4 is 5.46 Å². The van der Waals surface area contributed by atoms with Crippen LogP contribution in [-0.4, -0.2) is 47.6 Å². The van der Waals surface area contributed by atoms with Gasteiger partial charge in [-0.2, -0.15) is 0 Å². The van der Waals surface area contributed by atoms with Gasteiger partial charge in [0, 0.05) is 23.6 Å². The molecule has 2 fully saturated rings. The first-order valence-electron chi connectivity index (χ1n) is 15.2. The van der Waals surface area contributed by atoms with E-state index >= 15 is 0 Å². The number of pyridine rings is 1. The molecule has 2 aliphatic heterocycles. The van der Waals surface area contributed by atoms with Gasteiger partial charge < -0.3 is 13.9 Å². The first-order valence-corrected chi connectivity index (χ1v) is 17.4. The summed E-state index contributed by atoms with van der Waals surface area (Å²) in [6, 6.07) is 13.1. The third kappa shape index (κ3) is 3.79. The van der Waals surface area contributed by atoms with E-state index in [-0.39, 0.29) is 5.41 Å². The average Bonchev–Trinajstić information content (AvgIpc) is 3.45. The summed E-state index contributed by atoms with van der Waals surface area (Å²) in [6.45, 7) is 20.1. The molecule has 2 atom stereocenters. The molecule has 4 heterocycles. The van der Waals surface area contributed by atoms with Crippen LogP contribution in [0.5, 0.6) is 0 Å². The van der Waals surface area contributed by atoms with Gasteiger partial charge in [-0.05, 0) is 83.7 Å². The Balaban J connectivity index is 1.33. The van der Waals surface area contributed by atoms with Gasteiger partial charge in [-0.3, -0.25) is 4.90 Å². The Morgan fingerprint density at radius 2 is 1.67 bits per heavy atom. The molecule has 0 amide bonds. The summed E-state index contributed by atoms with van der Waals surface area (Å²) in [5.41, 5.74) is 6.23. The predicted octanol–water partition coefficient (Wildman–Crippen LogP) is 6.30. The number of hydrogen-bond donors (Lipinski definition) is 1. The van der Waals surface area contributed by atoms with Crippen LogP contribution in [0.1, 0.15) is 78.9 Å². The summed E-state index contributed by atoms with van der Waals surface area (Å²) in [6.07, 6.45) is 7.63. The van der Waals surface area contributed by atoms with E-state index in [2.05, 4.69) is 100 Å². The van der Waals surface area contributed by atoms with E-state index in [9.17, 15) is 5.02 Å². The molecule has 2 aromatic heterocycles. The van der Waals surface area contributed by atoms with Crippen LogP contribution in [0.3, 0.4) is 0 Å². The number of fused-ring (bicyclic) bond motifs is 4. The van der Waals surface area contributed by atoms with Gasteiger partial charge in [-0.25, -0.2) is 4.98 Å². The van der Waals surface area contributed by atoms with Crippen molar-refractivity contribution in [2.45, 2.75) is 96.5 Å². The van der Waals surface area contributed by atoms with Crippen molar-refractivity contribution in [2.75, 3.05) is 13.1 Å². The number of hydrogen-bond acceptors (Lipinski definition) is 4. The minimum atomic E-state index is -1.95. The second-order valence-electron chi connectivity index (χ2n) is 13.7. The lowest BCUT2D eigenvalue weighted by Gasteiger charge is -2.63. The summed E-state index contributed by atoms with van der Waals surface area (Å²) in [5, 5.41) is 12.3. The number of likely N-dealkylation sites (tertiary alicyclic amines) is 1. The standard InChI is InChI=1S/C32H46BN3O2Si/c1-22(2)39(23(3)4,24(5)6)36-16-13-27-29-28(19-34-30(27)36)33(37)38-32(29)21-31(25(32)7)14-17-35(18-15-31)20-26-11-9-8-10-12-26/h8-13,16,19,22-25,37H,14-15,17-18,20-21H2,1-7H3. The van der Waals surface area contributed by atoms with E-state index in [1.807, 2.05) is 6.20 Å². The van der Waals surface area contributed by atoms with Crippen molar-refractivity contribution >= 4 is 31.9 Å². The topological polar surface area (TPSA) is 50.5 Å². The van der Waals surface area contributed by atoms with E-state index in [0.29, 0.717) is 22.5 Å². The fourth-order valence-electron chi connectivity index (χ4n) is 9.48. The summed E-state index contributed by atoms with van der Waals surface area (Å²) in [4.78, 5) is 7.63. The Hall–Kier alpha value is -1.93. The van der Waals surface area contributed by atoms with Gasteiger partial charge in [0.25, 0.3) is 0 Å². The fraction of sp³-hybridized carbons (Fsp3) is 0.594. The van der Waals surface area contributed by atoms with E-state index in [1.165, 1.54) is 29.4 Å². The number of benzene rings is 1. The molecule has 3 aliphatic rings. The lowest BCUT2D eigenvalue weighted by Crippen LogP contribution is -2.61. The van der Waals surface area contributed by atoms with E-state index in [4.69, 9.17) is 9.64 Å². The highest BCUT2D eigenvalue weighted by molar-refractivity contribution is 6.82. The molecule has 2 unspecified atom stereocenters. The molecule has 3 aromatic rings. The fourth-order valence-corrected chi connectivity index (χ4v) is 16.0. The Kier molecular flexibility index (Phi) is 6.69. The van der Waals surface area contributed by atoms with Crippen LogP contribution in [0.25, 0.3) is 11.0 Å². The molecule has 7 heteroatoms. The maximum absolute atomic E-state index is 11.1. The predicted molar refractivity (Wildman–Crippen MR) is 164 cm³/mol. The SMILES string of the molecule is CC1C2(CCN(Cc3ccccc3)CC2)CC12OB(O)c1cnc3c(ccn3[Si](C(C)C)(C(C)C)C(C)C)c12. The summed E-state index contributed by atoms with van der Waals surface area (Å²) in [5.74, 6) is 0.357. The maximum Gasteiger partial charge on any atom is 0.493 e. The highest BCUT2D eigenvalue weighted by atomic mass is 28.3. The van der Waals surface area contributed by atoms with E-state index < -0.39 is 21.0 Å². The third-order valence-corrected chi connectivity index (χ3v) is 18.0. The molecule has 1 aliphatic carbocycles. The number of nitrogens with zero attached hydrogens (tertiary/aromatic N) is 3. The van der Waals surface area contributed by atoms with Crippen molar-refractivity contribution in [3.05, 3.63) is 59.9 Å². The molecule has 39 heavy (non-hydrogen) atoms. The van der Waals surface area contributed by atoms with Gasteiger partial charge in [-0.15, -0.1) is 0 Å². The van der Waals surface area contributed by atoms with Crippen LogP contribution in [0, 0.1) is 11.3 Å². The van der Waals surface area contributed by atoms with Crippen molar-refractivity contribution in [1.29, 1.82) is 0 Å². The zero-order valence-electron chi connectivity index (χ0n) is 24.9. The van der Waals surface area contributed by atoms with Crippen LogP contribution in [0.4, 0.5) is 0 Å². The number of piperidine rings is 1. The third-order valence-electron chi connectivity index (χ3n) is 11.3. The second-order valence-corrected chi connectivity index (χ2v) is 19.5. The first kappa shape index (κ1) is 27.3. The summed E-state index contributed by atoms with van der Waals surface area (Å²) in [7, 11) is -2.84. The minimum absolute atomic E-state index is 0.277. The van der Waals surface area contributed by atoms with Crippen molar-refractivity contribution < 1.29 is 9.68 Å². The van der Waals surface area contributed by atoms with Gasteiger partial charge in [0.05, 0.1) is 5.60 Å². The van der Waals surface area contributed by atoms with E-state index in [0.717, 1.165) is 37.2 Å². The molecule has 1 saturated heterocycles. The Morgan fingerprint density at radius 1 is 1.03 bits per heavy atom. The summed E-state index contributed by atoms with van der Waals surface area (Å²) >= 11 is 0. The van der Waals surface area contributed by atoms with Gasteiger partial charge in [0.1, 0.15) is 5.65 Å². The lowest BCUT2D eigenvalue weighted by molar-refractivity contribution is -0.196. The molecule has 208 valence electrons. The van der Waals surface area contributed by atoms with Crippen molar-refractivity contribution in [1.82, 2.24) is 14.1 Å². The Labute approximate surface area is 236 Å². The molecular formula is C32H46BN3O2Si. The zero-order chi connectivity index (χ0) is 27.7. The molecule has 0 bridgehead atoms. The minimum Gasteiger partial charge on any atom is -0.423 e. The summed E-state index contributed by atoms with van der Waals surface area (Å²) < 4.78 is 9.17. The van der Waals surface area contributed by atoms with Gasteiger partial charge in [0.2, 0.25) is 0 Å². The zero-order valence-corrected chi connectivity index (χ0v) is 25.9. The van der Waals surface area contributed by atoms with Crippen LogP contribution >= 0.6 is 0 Å². The molecular weight excluding hydrogens is 497 g/mol. The molecule has 1 saturated carbocycles. The molecule has 2 spiro atoms. The smallest absolute Gasteiger partial charge is 0.423 e. The van der Waals surface area contributed by atoms with Crippen LogP contribution in [0.15, 0.2) is 48.8 Å². The Morgan fingerprint density at radius 3 is 2.26 bits per heavy atom. The van der Waals surface area contributed by atoms with Crippen molar-refractivity contribution in [3.63, 3.8) is 0 Å².